The van der Waals surface area contributed by atoms with Crippen LogP contribution in [-0.4, -0.2) is 57.3 Å². The summed E-state index contributed by atoms with van der Waals surface area (Å²) in [5, 5.41) is 0. The fraction of sp³-hybridized carbons (Fsp3) is 0.688. The monoisotopic (exact) mass is 304 g/mol. The van der Waals surface area contributed by atoms with E-state index in [1.54, 1.807) is 12.5 Å². The summed E-state index contributed by atoms with van der Waals surface area (Å²) in [5.74, 6) is 1.29. The van der Waals surface area contributed by atoms with Crippen LogP contribution in [0.1, 0.15) is 26.2 Å². The molecule has 0 aromatic carbocycles. The van der Waals surface area contributed by atoms with Crippen molar-refractivity contribution in [1.29, 1.82) is 0 Å². The molecule has 2 atom stereocenters. The molecule has 2 heterocycles. The molecular formula is C16H24N4O2. The highest BCUT2D eigenvalue weighted by atomic mass is 16.2. The summed E-state index contributed by atoms with van der Waals surface area (Å²) >= 11 is 0. The van der Waals surface area contributed by atoms with Crippen LogP contribution in [0.15, 0.2) is 18.7 Å². The van der Waals surface area contributed by atoms with E-state index in [-0.39, 0.29) is 11.8 Å². The van der Waals surface area contributed by atoms with E-state index >= 15 is 0 Å². The molecule has 1 aromatic rings. The molecule has 22 heavy (non-hydrogen) atoms. The maximum absolute atomic E-state index is 12.2. The van der Waals surface area contributed by atoms with Crippen LogP contribution in [0.2, 0.25) is 0 Å². The van der Waals surface area contributed by atoms with E-state index in [1.807, 2.05) is 20.6 Å². The molecule has 2 amide bonds. The predicted molar refractivity (Wildman–Crippen MR) is 81.9 cm³/mol. The van der Waals surface area contributed by atoms with Crippen LogP contribution in [0.5, 0.6) is 0 Å². The van der Waals surface area contributed by atoms with Gasteiger partial charge in [-0.1, -0.05) is 6.92 Å². The number of hydrogen-bond acceptors (Lipinski definition) is 3. The first-order chi connectivity index (χ1) is 10.6. The molecule has 1 aliphatic carbocycles. The van der Waals surface area contributed by atoms with Crippen molar-refractivity contribution in [3.05, 3.63) is 18.7 Å². The van der Waals surface area contributed by atoms with E-state index in [4.69, 9.17) is 0 Å². The summed E-state index contributed by atoms with van der Waals surface area (Å²) in [5.41, 5.74) is 0. The van der Waals surface area contributed by atoms with Crippen molar-refractivity contribution < 1.29 is 9.59 Å². The molecule has 1 saturated carbocycles. The van der Waals surface area contributed by atoms with Gasteiger partial charge in [-0.3, -0.25) is 9.59 Å². The minimum atomic E-state index is 0.201. The minimum absolute atomic E-state index is 0.201. The number of aryl methyl sites for hydroxylation is 1. The van der Waals surface area contributed by atoms with Gasteiger partial charge < -0.3 is 14.4 Å². The summed E-state index contributed by atoms with van der Waals surface area (Å²) < 4.78 is 1.99. The van der Waals surface area contributed by atoms with Crippen molar-refractivity contribution in [2.24, 2.45) is 11.8 Å². The van der Waals surface area contributed by atoms with Gasteiger partial charge in [-0.25, -0.2) is 4.98 Å². The molecule has 120 valence electrons. The van der Waals surface area contributed by atoms with Crippen LogP contribution >= 0.6 is 0 Å². The second kappa shape index (κ2) is 6.50. The van der Waals surface area contributed by atoms with Gasteiger partial charge in [0.15, 0.2) is 0 Å². The molecule has 2 fully saturated rings. The maximum Gasteiger partial charge on any atom is 0.226 e. The zero-order valence-corrected chi connectivity index (χ0v) is 13.1. The first-order valence-corrected chi connectivity index (χ1v) is 8.17. The lowest BCUT2D eigenvalue weighted by molar-refractivity contribution is -0.140. The molecule has 2 aliphatic rings. The minimum Gasteiger partial charge on any atom is -0.339 e. The zero-order chi connectivity index (χ0) is 15.5. The number of hydrogen-bond donors (Lipinski definition) is 0. The molecule has 0 bridgehead atoms. The van der Waals surface area contributed by atoms with Crippen LogP contribution in [0.3, 0.4) is 0 Å². The number of nitrogens with zero attached hydrogens (tertiary/aromatic N) is 4. The van der Waals surface area contributed by atoms with E-state index in [0.29, 0.717) is 44.4 Å². The number of imidazole rings is 1. The molecule has 6 nitrogen and oxygen atoms in total. The second-order valence-electron chi connectivity index (χ2n) is 6.43. The summed E-state index contributed by atoms with van der Waals surface area (Å²) in [7, 11) is 0. The largest absolute Gasteiger partial charge is 0.339 e. The average molecular weight is 304 g/mol. The Labute approximate surface area is 131 Å². The Balaban J connectivity index is 1.37. The Bertz CT molecular complexity index is 520. The van der Waals surface area contributed by atoms with Gasteiger partial charge in [-0.2, -0.15) is 0 Å². The highest BCUT2D eigenvalue weighted by molar-refractivity contribution is 5.82. The van der Waals surface area contributed by atoms with Crippen LogP contribution in [0.25, 0.3) is 0 Å². The first kappa shape index (κ1) is 15.1. The molecule has 0 unspecified atom stereocenters. The Kier molecular flexibility index (Phi) is 4.45. The van der Waals surface area contributed by atoms with Crippen molar-refractivity contribution in [3.63, 3.8) is 0 Å². The summed E-state index contributed by atoms with van der Waals surface area (Å²) in [6.07, 6.45) is 7.85. The Morgan fingerprint density at radius 3 is 2.45 bits per heavy atom. The van der Waals surface area contributed by atoms with Crippen molar-refractivity contribution >= 4 is 11.8 Å². The SMILES string of the molecule is C[C@H]1C[C@@H]1C(=O)N1CCN(C(=O)CCCn2ccnc2)CC1. The van der Waals surface area contributed by atoms with Crippen molar-refractivity contribution in [3.8, 4) is 0 Å². The standard InChI is InChI=1S/C16H24N4O2/c1-13-11-14(13)16(22)20-9-7-19(8-10-20)15(21)3-2-5-18-6-4-17-12-18/h4,6,12-14H,2-3,5,7-11H2,1H3/t13-,14-/m0/s1. The molecule has 1 aromatic heterocycles. The van der Waals surface area contributed by atoms with Crippen molar-refractivity contribution in [2.45, 2.75) is 32.7 Å². The lowest BCUT2D eigenvalue weighted by Crippen LogP contribution is -2.51. The Morgan fingerprint density at radius 2 is 1.86 bits per heavy atom. The molecule has 0 N–H and O–H groups in total. The predicted octanol–water partition coefficient (Wildman–Crippen LogP) is 0.990. The quantitative estimate of drug-likeness (QED) is 0.815. The molecule has 1 aliphatic heterocycles. The van der Waals surface area contributed by atoms with Gasteiger partial charge in [-0.15, -0.1) is 0 Å². The lowest BCUT2D eigenvalue weighted by atomic mass is 10.2. The fourth-order valence-corrected chi connectivity index (χ4v) is 3.07. The van der Waals surface area contributed by atoms with E-state index in [0.717, 1.165) is 19.4 Å². The number of carbonyl (C=O) groups is 2. The van der Waals surface area contributed by atoms with Crippen molar-refractivity contribution in [1.82, 2.24) is 19.4 Å². The topological polar surface area (TPSA) is 58.4 Å². The number of aromatic nitrogens is 2. The molecule has 0 radical (unpaired) electrons. The number of piperazine rings is 1. The summed E-state index contributed by atoms with van der Waals surface area (Å²) in [6.45, 7) is 5.69. The first-order valence-electron chi connectivity index (χ1n) is 8.17. The maximum atomic E-state index is 12.2. The highest BCUT2D eigenvalue weighted by Gasteiger charge is 2.42. The number of rotatable bonds is 5. The third-order valence-corrected chi connectivity index (χ3v) is 4.74. The number of amides is 2. The van der Waals surface area contributed by atoms with Gasteiger partial charge >= 0.3 is 0 Å². The van der Waals surface area contributed by atoms with Crippen LogP contribution in [-0.2, 0) is 16.1 Å². The number of carbonyl (C=O) groups excluding carboxylic acids is 2. The van der Waals surface area contributed by atoms with E-state index < -0.39 is 0 Å². The van der Waals surface area contributed by atoms with Gasteiger partial charge in [0, 0.05) is 57.5 Å². The molecular weight excluding hydrogens is 280 g/mol. The Hall–Kier alpha value is -1.85. The summed E-state index contributed by atoms with van der Waals surface area (Å²) in [4.78, 5) is 32.2. The third kappa shape index (κ3) is 3.48. The highest BCUT2D eigenvalue weighted by Crippen LogP contribution is 2.39. The summed E-state index contributed by atoms with van der Waals surface area (Å²) in [6, 6.07) is 0. The van der Waals surface area contributed by atoms with Crippen LogP contribution < -0.4 is 0 Å². The third-order valence-electron chi connectivity index (χ3n) is 4.74. The molecule has 1 saturated heterocycles. The van der Waals surface area contributed by atoms with Crippen LogP contribution in [0, 0.1) is 11.8 Å². The smallest absolute Gasteiger partial charge is 0.226 e. The van der Waals surface area contributed by atoms with Crippen LogP contribution in [0.4, 0.5) is 0 Å². The lowest BCUT2D eigenvalue weighted by Gasteiger charge is -2.35. The van der Waals surface area contributed by atoms with Crippen molar-refractivity contribution in [2.75, 3.05) is 26.2 Å². The average Bonchev–Trinajstić information content (AvgIpc) is 3.04. The van der Waals surface area contributed by atoms with Gasteiger partial charge in [0.1, 0.15) is 0 Å². The van der Waals surface area contributed by atoms with Gasteiger partial charge in [-0.05, 0) is 18.8 Å². The molecule has 3 rings (SSSR count). The zero-order valence-electron chi connectivity index (χ0n) is 13.1. The van der Waals surface area contributed by atoms with Gasteiger partial charge in [0.05, 0.1) is 6.33 Å². The molecule has 6 heteroatoms. The normalized spacial score (nSPS) is 24.4. The second-order valence-corrected chi connectivity index (χ2v) is 6.43. The van der Waals surface area contributed by atoms with E-state index in [1.165, 1.54) is 0 Å². The van der Waals surface area contributed by atoms with Gasteiger partial charge in [0.2, 0.25) is 11.8 Å². The Morgan fingerprint density at radius 1 is 1.18 bits per heavy atom. The fourth-order valence-electron chi connectivity index (χ4n) is 3.07. The van der Waals surface area contributed by atoms with E-state index in [2.05, 4.69) is 11.9 Å². The molecule has 0 spiro atoms. The van der Waals surface area contributed by atoms with E-state index in [9.17, 15) is 9.59 Å². The van der Waals surface area contributed by atoms with Gasteiger partial charge in [0.25, 0.3) is 0 Å².